The van der Waals surface area contributed by atoms with E-state index in [1.165, 1.54) is 14.2 Å². The van der Waals surface area contributed by atoms with Gasteiger partial charge in [0, 0.05) is 0 Å². The van der Waals surface area contributed by atoms with Crippen molar-refractivity contribution in [1.82, 2.24) is 19.6 Å². The molecule has 80 valence electrons. The SMILES string of the molecule is COc1nc2nc(N)[nH]n2c(=O)c1OC. The summed E-state index contributed by atoms with van der Waals surface area (Å²) in [5.41, 5.74) is 4.94. The number of fused-ring (bicyclic) bond motifs is 1. The number of anilines is 1. The zero-order chi connectivity index (χ0) is 11.0. The van der Waals surface area contributed by atoms with E-state index in [1.807, 2.05) is 0 Å². The lowest BCUT2D eigenvalue weighted by Crippen LogP contribution is -2.18. The Labute approximate surface area is 83.6 Å². The number of nitrogens with zero attached hydrogens (tertiary/aromatic N) is 3. The second-order valence-corrected chi connectivity index (χ2v) is 2.70. The molecule has 2 aromatic rings. The van der Waals surface area contributed by atoms with Crippen LogP contribution in [-0.2, 0) is 0 Å². The molecule has 8 nitrogen and oxygen atoms in total. The molecular weight excluding hydrogens is 202 g/mol. The third-order valence-corrected chi connectivity index (χ3v) is 1.84. The van der Waals surface area contributed by atoms with E-state index in [2.05, 4.69) is 15.1 Å². The lowest BCUT2D eigenvalue weighted by Gasteiger charge is -2.04. The maximum Gasteiger partial charge on any atom is 0.320 e. The van der Waals surface area contributed by atoms with Crippen LogP contribution in [0, 0.1) is 0 Å². The molecule has 0 unspecified atom stereocenters. The van der Waals surface area contributed by atoms with Gasteiger partial charge in [-0.2, -0.15) is 14.5 Å². The molecule has 0 spiro atoms. The Kier molecular flexibility index (Phi) is 1.96. The number of aromatic amines is 1. The predicted molar refractivity (Wildman–Crippen MR) is 51.1 cm³/mol. The van der Waals surface area contributed by atoms with Crippen LogP contribution in [0.5, 0.6) is 11.6 Å². The smallest absolute Gasteiger partial charge is 0.320 e. The molecule has 2 heterocycles. The summed E-state index contributed by atoms with van der Waals surface area (Å²) >= 11 is 0. The van der Waals surface area contributed by atoms with Gasteiger partial charge in [-0.05, 0) is 0 Å². The molecule has 0 aliphatic heterocycles. The highest BCUT2D eigenvalue weighted by Gasteiger charge is 2.15. The molecule has 0 amide bonds. The van der Waals surface area contributed by atoms with Crippen molar-refractivity contribution in [2.75, 3.05) is 20.0 Å². The molecular formula is C7H9N5O3. The average molecular weight is 211 g/mol. The molecule has 0 fully saturated rings. The summed E-state index contributed by atoms with van der Waals surface area (Å²) in [6.45, 7) is 0. The van der Waals surface area contributed by atoms with Gasteiger partial charge < -0.3 is 15.2 Å². The van der Waals surface area contributed by atoms with Crippen molar-refractivity contribution < 1.29 is 9.47 Å². The van der Waals surface area contributed by atoms with Crippen LogP contribution in [0.15, 0.2) is 4.79 Å². The van der Waals surface area contributed by atoms with Crippen LogP contribution in [0.4, 0.5) is 5.95 Å². The quantitative estimate of drug-likeness (QED) is 0.660. The van der Waals surface area contributed by atoms with Crippen molar-refractivity contribution in [2.45, 2.75) is 0 Å². The minimum absolute atomic E-state index is 0.00125. The molecule has 8 heteroatoms. The van der Waals surface area contributed by atoms with Gasteiger partial charge in [0.2, 0.25) is 11.7 Å². The first-order valence-corrected chi connectivity index (χ1v) is 4.03. The molecule has 0 aromatic carbocycles. The number of nitrogens with two attached hydrogens (primary N) is 1. The fraction of sp³-hybridized carbons (Fsp3) is 0.286. The molecule has 0 bridgehead atoms. The summed E-state index contributed by atoms with van der Waals surface area (Å²) in [6.07, 6.45) is 0. The third kappa shape index (κ3) is 1.26. The Morgan fingerprint density at radius 1 is 1.33 bits per heavy atom. The van der Waals surface area contributed by atoms with Gasteiger partial charge in [-0.25, -0.2) is 0 Å². The Bertz CT molecular complexity index is 557. The Balaban J connectivity index is 2.87. The molecule has 0 aliphatic rings. The summed E-state index contributed by atoms with van der Waals surface area (Å²) < 4.78 is 10.8. The van der Waals surface area contributed by atoms with Crippen molar-refractivity contribution in [3.8, 4) is 11.6 Å². The van der Waals surface area contributed by atoms with E-state index < -0.39 is 5.56 Å². The number of hydrogen-bond donors (Lipinski definition) is 2. The maximum absolute atomic E-state index is 11.7. The van der Waals surface area contributed by atoms with Gasteiger partial charge in [0.25, 0.3) is 11.7 Å². The van der Waals surface area contributed by atoms with Gasteiger partial charge in [-0.3, -0.25) is 9.89 Å². The average Bonchev–Trinajstić information content (AvgIpc) is 2.59. The first-order chi connectivity index (χ1) is 7.17. The highest BCUT2D eigenvalue weighted by Crippen LogP contribution is 2.18. The van der Waals surface area contributed by atoms with Gasteiger partial charge in [-0.15, -0.1) is 0 Å². The molecule has 0 aliphatic carbocycles. The third-order valence-electron chi connectivity index (χ3n) is 1.84. The summed E-state index contributed by atoms with van der Waals surface area (Å²) in [5, 5.41) is 2.53. The highest BCUT2D eigenvalue weighted by molar-refractivity contribution is 5.42. The standard InChI is InChI=1S/C7H9N5O3/c1-14-3-4(15-2)9-7-10-6(8)11-12(7)5(3)13/h1-2H3,(H3,8,9,10,11). The molecule has 2 rings (SSSR count). The number of methoxy groups -OCH3 is 2. The lowest BCUT2D eigenvalue weighted by molar-refractivity contribution is 0.337. The molecule has 0 radical (unpaired) electrons. The molecule has 0 saturated carbocycles. The number of rotatable bonds is 2. The number of nitrogen functional groups attached to an aromatic ring is 1. The van der Waals surface area contributed by atoms with Crippen molar-refractivity contribution in [2.24, 2.45) is 0 Å². The highest BCUT2D eigenvalue weighted by atomic mass is 16.5. The summed E-state index contributed by atoms with van der Waals surface area (Å²) in [4.78, 5) is 19.5. The van der Waals surface area contributed by atoms with E-state index in [-0.39, 0.29) is 23.4 Å². The van der Waals surface area contributed by atoms with Crippen LogP contribution >= 0.6 is 0 Å². The number of hydrogen-bond acceptors (Lipinski definition) is 6. The van der Waals surface area contributed by atoms with E-state index in [9.17, 15) is 4.79 Å². The van der Waals surface area contributed by atoms with E-state index >= 15 is 0 Å². The monoisotopic (exact) mass is 211 g/mol. The Morgan fingerprint density at radius 2 is 2.07 bits per heavy atom. The van der Waals surface area contributed by atoms with Crippen LogP contribution in [0.25, 0.3) is 5.78 Å². The number of ether oxygens (including phenoxy) is 2. The van der Waals surface area contributed by atoms with E-state index in [1.54, 1.807) is 0 Å². The zero-order valence-electron chi connectivity index (χ0n) is 8.14. The number of H-pyrrole nitrogens is 1. The van der Waals surface area contributed by atoms with Gasteiger partial charge in [0.15, 0.2) is 0 Å². The largest absolute Gasteiger partial charge is 0.487 e. The second-order valence-electron chi connectivity index (χ2n) is 2.70. The van der Waals surface area contributed by atoms with Crippen molar-refractivity contribution in [3.05, 3.63) is 10.4 Å². The molecule has 0 atom stereocenters. The van der Waals surface area contributed by atoms with Gasteiger partial charge in [0.1, 0.15) is 0 Å². The Morgan fingerprint density at radius 3 is 2.67 bits per heavy atom. The van der Waals surface area contributed by atoms with Crippen LogP contribution in [-0.4, -0.2) is 33.8 Å². The van der Waals surface area contributed by atoms with Crippen LogP contribution < -0.4 is 20.8 Å². The first-order valence-electron chi connectivity index (χ1n) is 4.03. The van der Waals surface area contributed by atoms with Crippen molar-refractivity contribution in [1.29, 1.82) is 0 Å². The molecule has 2 aromatic heterocycles. The fourth-order valence-electron chi connectivity index (χ4n) is 1.21. The second kappa shape index (κ2) is 3.15. The first kappa shape index (κ1) is 9.31. The summed E-state index contributed by atoms with van der Waals surface area (Å²) in [5.74, 6) is 0.303. The number of nitrogens with one attached hydrogen (secondary N) is 1. The van der Waals surface area contributed by atoms with Crippen LogP contribution in [0.1, 0.15) is 0 Å². The van der Waals surface area contributed by atoms with Crippen LogP contribution in [0.2, 0.25) is 0 Å². The topological polar surface area (TPSA) is 108 Å². The predicted octanol–water partition coefficient (Wildman–Crippen LogP) is -0.983. The van der Waals surface area contributed by atoms with E-state index in [0.29, 0.717) is 0 Å². The molecule has 3 N–H and O–H groups in total. The van der Waals surface area contributed by atoms with Crippen LogP contribution in [0.3, 0.4) is 0 Å². The maximum atomic E-state index is 11.7. The van der Waals surface area contributed by atoms with Crippen molar-refractivity contribution >= 4 is 11.7 Å². The normalized spacial score (nSPS) is 10.5. The van der Waals surface area contributed by atoms with Gasteiger partial charge in [-0.1, -0.05) is 0 Å². The van der Waals surface area contributed by atoms with E-state index in [4.69, 9.17) is 15.2 Å². The minimum atomic E-state index is -0.455. The summed E-state index contributed by atoms with van der Waals surface area (Å²) in [6, 6.07) is 0. The van der Waals surface area contributed by atoms with Gasteiger partial charge >= 0.3 is 5.56 Å². The lowest BCUT2D eigenvalue weighted by atomic mass is 10.5. The summed E-state index contributed by atoms with van der Waals surface area (Å²) in [7, 11) is 2.74. The number of aromatic nitrogens is 4. The van der Waals surface area contributed by atoms with Gasteiger partial charge in [0.05, 0.1) is 14.2 Å². The minimum Gasteiger partial charge on any atom is -0.487 e. The zero-order valence-corrected chi connectivity index (χ0v) is 8.14. The van der Waals surface area contributed by atoms with E-state index in [0.717, 1.165) is 4.52 Å². The molecule has 15 heavy (non-hydrogen) atoms. The fourth-order valence-corrected chi connectivity index (χ4v) is 1.21. The molecule has 0 saturated heterocycles. The van der Waals surface area contributed by atoms with Crippen molar-refractivity contribution in [3.63, 3.8) is 0 Å². The Hall–Kier alpha value is -2.25.